The Morgan fingerprint density at radius 1 is 0.881 bits per heavy atom. The van der Waals surface area contributed by atoms with E-state index in [4.69, 9.17) is 0 Å². The van der Waals surface area contributed by atoms with Gasteiger partial charge in [0.05, 0.1) is 17.8 Å². The van der Waals surface area contributed by atoms with Crippen LogP contribution in [0.25, 0.3) is 0 Å². The molecule has 4 N–H and O–H groups in total. The van der Waals surface area contributed by atoms with E-state index in [0.717, 1.165) is 41.3 Å². The SMILES string of the molecule is CCc1cccc(CNC[C@@H](O)[C@H](Cc2cc(F)cc(F)c2)NC(=O)CCC(=O)c2cc(C)c(C)cc2NC(C)=O)c1. The molecule has 0 saturated carbocycles. The van der Waals surface area contributed by atoms with Gasteiger partial charge < -0.3 is 21.1 Å². The van der Waals surface area contributed by atoms with Crippen molar-refractivity contribution in [3.63, 3.8) is 0 Å². The van der Waals surface area contributed by atoms with Gasteiger partial charge >= 0.3 is 0 Å². The molecule has 0 bridgehead atoms. The molecule has 0 aliphatic heterocycles. The molecule has 3 aromatic carbocycles. The van der Waals surface area contributed by atoms with E-state index in [1.165, 1.54) is 12.5 Å². The summed E-state index contributed by atoms with van der Waals surface area (Å²) in [5, 5.41) is 19.6. The lowest BCUT2D eigenvalue weighted by atomic mass is 9.98. The van der Waals surface area contributed by atoms with Gasteiger partial charge in [-0.3, -0.25) is 14.4 Å². The van der Waals surface area contributed by atoms with E-state index < -0.39 is 29.7 Å². The molecule has 0 heterocycles. The summed E-state index contributed by atoms with van der Waals surface area (Å²) in [5.74, 6) is -2.65. The van der Waals surface area contributed by atoms with Crippen molar-refractivity contribution in [1.82, 2.24) is 10.6 Å². The number of hydrogen-bond donors (Lipinski definition) is 4. The van der Waals surface area contributed by atoms with Crippen molar-refractivity contribution >= 4 is 23.3 Å². The highest BCUT2D eigenvalue weighted by molar-refractivity contribution is 6.05. The smallest absolute Gasteiger partial charge is 0.221 e. The molecule has 3 aromatic rings. The first-order valence-corrected chi connectivity index (χ1v) is 14.1. The van der Waals surface area contributed by atoms with Gasteiger partial charge in [-0.15, -0.1) is 0 Å². The molecule has 3 rings (SSSR count). The average molecular weight is 580 g/mol. The van der Waals surface area contributed by atoms with E-state index >= 15 is 0 Å². The van der Waals surface area contributed by atoms with Gasteiger partial charge in [-0.1, -0.05) is 31.2 Å². The maximum absolute atomic E-state index is 13.9. The van der Waals surface area contributed by atoms with Crippen molar-refractivity contribution in [2.24, 2.45) is 0 Å². The third-order valence-corrected chi connectivity index (χ3v) is 7.10. The number of carbonyl (C=O) groups excluding carboxylic acids is 3. The van der Waals surface area contributed by atoms with Gasteiger partial charge in [0.1, 0.15) is 11.6 Å². The Bertz CT molecular complexity index is 1410. The van der Waals surface area contributed by atoms with Crippen molar-refractivity contribution in [3.05, 3.63) is 99.6 Å². The van der Waals surface area contributed by atoms with Gasteiger partial charge in [-0.2, -0.15) is 0 Å². The van der Waals surface area contributed by atoms with Crippen LogP contribution in [0.5, 0.6) is 0 Å². The summed E-state index contributed by atoms with van der Waals surface area (Å²) in [7, 11) is 0. The van der Waals surface area contributed by atoms with E-state index in [9.17, 15) is 28.3 Å². The minimum Gasteiger partial charge on any atom is -0.390 e. The van der Waals surface area contributed by atoms with E-state index in [-0.39, 0.29) is 43.1 Å². The monoisotopic (exact) mass is 579 g/mol. The van der Waals surface area contributed by atoms with Crippen molar-refractivity contribution < 1.29 is 28.3 Å². The van der Waals surface area contributed by atoms with E-state index in [1.54, 1.807) is 12.1 Å². The first-order valence-electron chi connectivity index (χ1n) is 14.1. The van der Waals surface area contributed by atoms with Crippen LogP contribution in [0.2, 0.25) is 0 Å². The number of aliphatic hydroxyl groups excluding tert-OH is 1. The van der Waals surface area contributed by atoms with Crippen LogP contribution >= 0.6 is 0 Å². The summed E-state index contributed by atoms with van der Waals surface area (Å²) in [4.78, 5) is 37.7. The fraction of sp³-hybridized carbons (Fsp3) is 0.364. The van der Waals surface area contributed by atoms with Gasteiger partial charge in [0.15, 0.2) is 5.78 Å². The van der Waals surface area contributed by atoms with Crippen molar-refractivity contribution in [2.75, 3.05) is 11.9 Å². The minimum absolute atomic E-state index is 0.0215. The summed E-state index contributed by atoms with van der Waals surface area (Å²) in [5.41, 5.74) is 4.98. The quantitative estimate of drug-likeness (QED) is 0.202. The van der Waals surface area contributed by atoms with Crippen LogP contribution in [0.1, 0.15) is 64.9 Å². The topological polar surface area (TPSA) is 108 Å². The molecular formula is C33H39F2N3O4. The maximum atomic E-state index is 13.9. The molecule has 42 heavy (non-hydrogen) atoms. The van der Waals surface area contributed by atoms with Crippen LogP contribution in [0.15, 0.2) is 54.6 Å². The molecule has 0 radical (unpaired) electrons. The molecule has 0 unspecified atom stereocenters. The molecule has 2 amide bonds. The van der Waals surface area contributed by atoms with Crippen LogP contribution in [0.3, 0.4) is 0 Å². The predicted octanol–water partition coefficient (Wildman–Crippen LogP) is 4.94. The molecule has 0 fully saturated rings. The number of hydrogen-bond acceptors (Lipinski definition) is 5. The third-order valence-electron chi connectivity index (χ3n) is 7.10. The van der Waals surface area contributed by atoms with Crippen molar-refractivity contribution in [2.45, 2.75) is 72.1 Å². The van der Waals surface area contributed by atoms with E-state index in [1.807, 2.05) is 32.0 Å². The molecule has 224 valence electrons. The molecule has 0 aromatic heterocycles. The zero-order chi connectivity index (χ0) is 30.8. The van der Waals surface area contributed by atoms with Crippen LogP contribution in [0, 0.1) is 25.5 Å². The zero-order valence-electron chi connectivity index (χ0n) is 24.5. The number of rotatable bonds is 14. The first-order chi connectivity index (χ1) is 19.9. The number of ketones is 1. The number of nitrogens with one attached hydrogen (secondary N) is 3. The predicted molar refractivity (Wildman–Crippen MR) is 159 cm³/mol. The number of aryl methyl sites for hydroxylation is 3. The van der Waals surface area contributed by atoms with Gasteiger partial charge in [-0.25, -0.2) is 8.78 Å². The molecule has 0 aliphatic carbocycles. The number of aliphatic hydroxyl groups is 1. The highest BCUT2D eigenvalue weighted by Gasteiger charge is 2.23. The Balaban J connectivity index is 1.68. The lowest BCUT2D eigenvalue weighted by molar-refractivity contribution is -0.122. The summed E-state index contributed by atoms with van der Waals surface area (Å²) in [6.07, 6.45) is -0.522. The number of benzene rings is 3. The summed E-state index contributed by atoms with van der Waals surface area (Å²) >= 11 is 0. The molecular weight excluding hydrogens is 540 g/mol. The van der Waals surface area contributed by atoms with Gasteiger partial charge in [0, 0.05) is 44.5 Å². The first kappa shape index (κ1) is 32.6. The number of amides is 2. The second kappa shape index (κ2) is 15.3. The van der Waals surface area contributed by atoms with E-state index in [0.29, 0.717) is 17.8 Å². The lowest BCUT2D eigenvalue weighted by Crippen LogP contribution is -2.48. The Morgan fingerprint density at radius 3 is 2.21 bits per heavy atom. The lowest BCUT2D eigenvalue weighted by Gasteiger charge is -2.25. The molecule has 0 spiro atoms. The molecule has 0 saturated heterocycles. The summed E-state index contributed by atoms with van der Waals surface area (Å²) < 4.78 is 27.7. The van der Waals surface area contributed by atoms with Crippen LogP contribution in [-0.4, -0.2) is 41.4 Å². The minimum atomic E-state index is -1.09. The average Bonchev–Trinajstić information content (AvgIpc) is 2.92. The molecule has 9 heteroatoms. The second-order valence-corrected chi connectivity index (χ2v) is 10.6. The van der Waals surface area contributed by atoms with Gasteiger partial charge in [0.2, 0.25) is 11.8 Å². The standard InChI is InChI=1S/C33H39F2N3O4/c1-5-23-7-6-8-24(13-23)18-36-19-32(41)30(16-25-14-26(34)17-27(35)15-25)38-33(42)10-9-31(40)28-11-20(2)21(3)12-29(28)37-22(4)39/h6-8,11-15,17,30,32,36,41H,5,9-10,16,18-19H2,1-4H3,(H,37,39)(H,38,42)/t30-,32+/m0/s1. The number of anilines is 1. The Kier molecular flexibility index (Phi) is 11.9. The van der Waals surface area contributed by atoms with Gasteiger partial charge in [-0.05, 0) is 78.8 Å². The van der Waals surface area contributed by atoms with Crippen molar-refractivity contribution in [3.8, 4) is 0 Å². The summed E-state index contributed by atoms with van der Waals surface area (Å²) in [6, 6.07) is 13.6. The molecule has 7 nitrogen and oxygen atoms in total. The van der Waals surface area contributed by atoms with Crippen molar-refractivity contribution in [1.29, 1.82) is 0 Å². The fourth-order valence-corrected chi connectivity index (χ4v) is 4.71. The highest BCUT2D eigenvalue weighted by atomic mass is 19.1. The van der Waals surface area contributed by atoms with Crippen LogP contribution < -0.4 is 16.0 Å². The Labute approximate surface area is 245 Å². The number of carbonyl (C=O) groups is 3. The maximum Gasteiger partial charge on any atom is 0.221 e. The molecule has 2 atom stereocenters. The largest absolute Gasteiger partial charge is 0.390 e. The third kappa shape index (κ3) is 9.85. The van der Waals surface area contributed by atoms with E-state index in [2.05, 4.69) is 28.9 Å². The Hall–Kier alpha value is -3.95. The Morgan fingerprint density at radius 2 is 1.55 bits per heavy atom. The highest BCUT2D eigenvalue weighted by Crippen LogP contribution is 2.23. The number of halogens is 2. The second-order valence-electron chi connectivity index (χ2n) is 10.6. The fourth-order valence-electron chi connectivity index (χ4n) is 4.71. The van der Waals surface area contributed by atoms with Crippen LogP contribution in [0.4, 0.5) is 14.5 Å². The normalized spacial score (nSPS) is 12.5. The summed E-state index contributed by atoms with van der Waals surface area (Å²) in [6.45, 7) is 7.74. The van der Waals surface area contributed by atoms with Crippen LogP contribution in [-0.2, 0) is 29.0 Å². The zero-order valence-corrected chi connectivity index (χ0v) is 24.5. The number of Topliss-reactive ketones (excluding diaryl/α,β-unsaturated/α-hetero) is 1. The molecule has 0 aliphatic rings. The van der Waals surface area contributed by atoms with Gasteiger partial charge in [0.25, 0.3) is 0 Å².